The molecule has 1 amide bonds. The fraction of sp³-hybridized carbons (Fsp3) is 0.100. The van der Waals surface area contributed by atoms with Gasteiger partial charge in [-0.15, -0.1) is 5.10 Å². The summed E-state index contributed by atoms with van der Waals surface area (Å²) in [6.07, 6.45) is 1.51. The molecule has 146 valence electrons. The van der Waals surface area contributed by atoms with Crippen molar-refractivity contribution in [3.05, 3.63) is 82.1 Å². The van der Waals surface area contributed by atoms with E-state index < -0.39 is 17.9 Å². The van der Waals surface area contributed by atoms with Gasteiger partial charge in [-0.3, -0.25) is 4.79 Å². The molecule has 2 heterocycles. The van der Waals surface area contributed by atoms with Crippen molar-refractivity contribution in [2.45, 2.75) is 13.0 Å². The van der Waals surface area contributed by atoms with Gasteiger partial charge >= 0.3 is 5.97 Å². The molecular formula is C20H16ClN5O3. The second kappa shape index (κ2) is 7.40. The molecule has 29 heavy (non-hydrogen) atoms. The maximum atomic E-state index is 12.7. The molecule has 0 saturated carbocycles. The summed E-state index contributed by atoms with van der Waals surface area (Å²) in [5.74, 6) is -1.44. The lowest BCUT2D eigenvalue weighted by Gasteiger charge is -2.23. The number of carboxylic acids is 1. The average molecular weight is 410 g/mol. The number of anilines is 2. The first-order chi connectivity index (χ1) is 13.9. The van der Waals surface area contributed by atoms with Crippen molar-refractivity contribution >= 4 is 35.0 Å². The highest BCUT2D eigenvalue weighted by molar-refractivity contribution is 6.30. The number of allylic oxidation sites excluding steroid dienone is 1. The molecule has 0 aliphatic carbocycles. The SMILES string of the molecule is Cc1ccc(NC(=O)c2nnn3c2NC(C(=O)O)=C[C@@H]3c2ccc(Cl)cc2)cc1. The monoisotopic (exact) mass is 409 g/mol. The number of carbonyl (C=O) groups is 2. The van der Waals surface area contributed by atoms with E-state index in [0.717, 1.165) is 11.1 Å². The van der Waals surface area contributed by atoms with Crippen molar-refractivity contribution in [3.8, 4) is 0 Å². The molecule has 0 fully saturated rings. The lowest BCUT2D eigenvalue weighted by molar-refractivity contribution is -0.132. The van der Waals surface area contributed by atoms with E-state index in [9.17, 15) is 14.7 Å². The van der Waals surface area contributed by atoms with Crippen LogP contribution >= 0.6 is 11.6 Å². The molecular weight excluding hydrogens is 394 g/mol. The van der Waals surface area contributed by atoms with Gasteiger partial charge in [-0.25, -0.2) is 9.48 Å². The minimum atomic E-state index is -1.15. The number of hydrogen-bond acceptors (Lipinski definition) is 5. The summed E-state index contributed by atoms with van der Waals surface area (Å²) in [7, 11) is 0. The number of amides is 1. The van der Waals surface area contributed by atoms with E-state index in [1.54, 1.807) is 36.4 Å². The number of nitrogens with one attached hydrogen (secondary N) is 2. The number of aliphatic carboxylic acids is 1. The van der Waals surface area contributed by atoms with E-state index in [-0.39, 0.29) is 17.2 Å². The molecule has 0 spiro atoms. The Bertz CT molecular complexity index is 1120. The molecule has 0 saturated heterocycles. The first kappa shape index (κ1) is 18.7. The van der Waals surface area contributed by atoms with Gasteiger partial charge in [0.1, 0.15) is 11.7 Å². The van der Waals surface area contributed by atoms with E-state index in [0.29, 0.717) is 10.7 Å². The van der Waals surface area contributed by atoms with Gasteiger partial charge in [-0.1, -0.05) is 46.6 Å². The summed E-state index contributed by atoms with van der Waals surface area (Å²) in [4.78, 5) is 24.4. The Morgan fingerprint density at radius 1 is 1.14 bits per heavy atom. The van der Waals surface area contributed by atoms with Gasteiger partial charge in [0.25, 0.3) is 5.91 Å². The molecule has 1 atom stereocenters. The number of rotatable bonds is 4. The van der Waals surface area contributed by atoms with Crippen molar-refractivity contribution in [1.82, 2.24) is 15.0 Å². The standard InChI is InChI=1S/C20H16ClN5O3/c1-11-2-8-14(9-3-11)22-19(27)17-18-23-15(20(28)29)10-16(26(18)25-24-17)12-4-6-13(21)7-5-12/h2-10,16,23H,1H3,(H,22,27)(H,28,29)/t16-/m1/s1. The molecule has 0 radical (unpaired) electrons. The zero-order valence-electron chi connectivity index (χ0n) is 15.3. The van der Waals surface area contributed by atoms with Gasteiger partial charge < -0.3 is 15.7 Å². The van der Waals surface area contributed by atoms with Crippen molar-refractivity contribution in [2.24, 2.45) is 0 Å². The number of halogens is 1. The number of aromatic nitrogens is 3. The van der Waals surface area contributed by atoms with Gasteiger partial charge in [0.2, 0.25) is 0 Å². The number of aryl methyl sites for hydroxylation is 1. The van der Waals surface area contributed by atoms with Crippen LogP contribution in [0.15, 0.2) is 60.3 Å². The van der Waals surface area contributed by atoms with Crippen LogP contribution in [0.1, 0.15) is 27.7 Å². The van der Waals surface area contributed by atoms with E-state index in [2.05, 4.69) is 20.9 Å². The van der Waals surface area contributed by atoms with Crippen molar-refractivity contribution in [2.75, 3.05) is 10.6 Å². The van der Waals surface area contributed by atoms with Crippen LogP contribution in [0.3, 0.4) is 0 Å². The van der Waals surface area contributed by atoms with Crippen LogP contribution in [0.5, 0.6) is 0 Å². The van der Waals surface area contributed by atoms with Gasteiger partial charge in [0.05, 0.1) is 0 Å². The number of nitrogens with zero attached hydrogens (tertiary/aromatic N) is 3. The van der Waals surface area contributed by atoms with Crippen molar-refractivity contribution < 1.29 is 14.7 Å². The molecule has 0 bridgehead atoms. The second-order valence-corrected chi connectivity index (χ2v) is 6.99. The summed E-state index contributed by atoms with van der Waals surface area (Å²) >= 11 is 5.95. The highest BCUT2D eigenvalue weighted by Crippen LogP contribution is 2.32. The Hall–Kier alpha value is -3.65. The summed E-state index contributed by atoms with van der Waals surface area (Å²) in [6, 6.07) is 13.7. The molecule has 1 aliphatic heterocycles. The Morgan fingerprint density at radius 3 is 2.48 bits per heavy atom. The number of carbonyl (C=O) groups excluding carboxylic acids is 1. The fourth-order valence-corrected chi connectivity index (χ4v) is 3.13. The molecule has 4 rings (SSSR count). The van der Waals surface area contributed by atoms with Gasteiger partial charge in [-0.05, 0) is 42.8 Å². The Balaban J connectivity index is 1.70. The van der Waals surface area contributed by atoms with Crippen LogP contribution in [0, 0.1) is 6.92 Å². The highest BCUT2D eigenvalue weighted by atomic mass is 35.5. The molecule has 1 aromatic heterocycles. The quantitative estimate of drug-likeness (QED) is 0.608. The fourth-order valence-electron chi connectivity index (χ4n) is 3.00. The van der Waals surface area contributed by atoms with Crippen LogP contribution in [0.2, 0.25) is 5.02 Å². The highest BCUT2D eigenvalue weighted by Gasteiger charge is 2.30. The summed E-state index contributed by atoms with van der Waals surface area (Å²) in [5, 5.41) is 23.6. The third-order valence-electron chi connectivity index (χ3n) is 4.50. The minimum Gasteiger partial charge on any atom is -0.477 e. The van der Waals surface area contributed by atoms with Gasteiger partial charge in [-0.2, -0.15) is 0 Å². The number of hydrogen-bond donors (Lipinski definition) is 3. The van der Waals surface area contributed by atoms with Gasteiger partial charge in [0.15, 0.2) is 11.5 Å². The van der Waals surface area contributed by atoms with Crippen LogP contribution in [0.4, 0.5) is 11.5 Å². The van der Waals surface area contributed by atoms with Crippen molar-refractivity contribution in [3.63, 3.8) is 0 Å². The summed E-state index contributed by atoms with van der Waals surface area (Å²) < 4.78 is 1.47. The molecule has 1 aliphatic rings. The third kappa shape index (κ3) is 3.70. The maximum absolute atomic E-state index is 12.7. The van der Waals surface area contributed by atoms with Crippen molar-refractivity contribution in [1.29, 1.82) is 0 Å². The Morgan fingerprint density at radius 2 is 1.83 bits per heavy atom. The predicted octanol–water partition coefficient (Wildman–Crippen LogP) is 3.48. The zero-order chi connectivity index (χ0) is 20.5. The smallest absolute Gasteiger partial charge is 0.352 e. The number of benzene rings is 2. The summed E-state index contributed by atoms with van der Waals surface area (Å²) in [5.41, 5.74) is 2.35. The molecule has 3 N–H and O–H groups in total. The molecule has 2 aromatic carbocycles. The van der Waals surface area contributed by atoms with Crippen LogP contribution in [0.25, 0.3) is 0 Å². The molecule has 0 unspecified atom stereocenters. The zero-order valence-corrected chi connectivity index (χ0v) is 16.0. The molecule has 3 aromatic rings. The van der Waals surface area contributed by atoms with Gasteiger partial charge in [0, 0.05) is 10.7 Å². The minimum absolute atomic E-state index is 0.00334. The van der Waals surface area contributed by atoms with E-state index in [1.807, 2.05) is 19.1 Å². The molecule has 9 heteroatoms. The first-order valence-corrected chi connectivity index (χ1v) is 9.11. The van der Waals surface area contributed by atoms with Crippen LogP contribution in [-0.4, -0.2) is 32.0 Å². The number of carboxylic acid groups (broad SMARTS) is 1. The maximum Gasteiger partial charge on any atom is 0.352 e. The number of fused-ring (bicyclic) bond motifs is 1. The van der Waals surface area contributed by atoms with Crippen LogP contribution in [-0.2, 0) is 4.79 Å². The topological polar surface area (TPSA) is 109 Å². The Labute approximate surface area is 170 Å². The molecule has 8 nitrogen and oxygen atoms in total. The predicted molar refractivity (Wildman–Crippen MR) is 108 cm³/mol. The second-order valence-electron chi connectivity index (χ2n) is 6.56. The largest absolute Gasteiger partial charge is 0.477 e. The third-order valence-corrected chi connectivity index (χ3v) is 4.75. The normalized spacial score (nSPS) is 15.1. The first-order valence-electron chi connectivity index (χ1n) is 8.73. The summed E-state index contributed by atoms with van der Waals surface area (Å²) in [6.45, 7) is 1.95. The van der Waals surface area contributed by atoms with Crippen LogP contribution < -0.4 is 10.6 Å². The lowest BCUT2D eigenvalue weighted by Crippen LogP contribution is -2.25. The van der Waals surface area contributed by atoms with E-state index in [1.165, 1.54) is 10.8 Å². The van der Waals surface area contributed by atoms with E-state index >= 15 is 0 Å². The van der Waals surface area contributed by atoms with E-state index in [4.69, 9.17) is 11.6 Å². The average Bonchev–Trinajstić information content (AvgIpc) is 3.14. The Kier molecular flexibility index (Phi) is 4.77. The lowest BCUT2D eigenvalue weighted by atomic mass is 10.0.